The van der Waals surface area contributed by atoms with Crippen molar-refractivity contribution in [3.05, 3.63) is 77.8 Å². The highest BCUT2D eigenvalue weighted by molar-refractivity contribution is 5.92. The van der Waals surface area contributed by atoms with E-state index in [0.29, 0.717) is 24.6 Å². The van der Waals surface area contributed by atoms with E-state index in [1.165, 1.54) is 6.07 Å². The van der Waals surface area contributed by atoms with Gasteiger partial charge in [0.05, 0.1) is 17.9 Å². The molecule has 3 aromatic rings. The van der Waals surface area contributed by atoms with Gasteiger partial charge in [0.25, 0.3) is 5.91 Å². The van der Waals surface area contributed by atoms with Crippen molar-refractivity contribution in [3.63, 3.8) is 0 Å². The Bertz CT molecular complexity index is 976. The molecule has 4 rings (SSSR count). The minimum atomic E-state index is -0.328. The predicted molar refractivity (Wildman–Crippen MR) is 106 cm³/mol. The summed E-state index contributed by atoms with van der Waals surface area (Å²) in [7, 11) is 0. The summed E-state index contributed by atoms with van der Waals surface area (Å²) in [5.74, 6) is -0.0605. The Balaban J connectivity index is 1.36. The molecular formula is C21H21FN6O. The fourth-order valence-corrected chi connectivity index (χ4v) is 3.45. The standard InChI is InChI=1S/C21H21FN6O/c22-16-6-3-12-24-19(16)21(9-4-10-21)14-26-18-8-7-17(27-28-18)20(29)25-13-15-5-1-2-11-23-15/h1-3,5-8,11-12H,4,9-10,13-14H2,(H,25,29)(H,26,28). The van der Waals surface area contributed by atoms with Crippen LogP contribution in [0.1, 0.15) is 41.1 Å². The summed E-state index contributed by atoms with van der Waals surface area (Å²) in [6.45, 7) is 0.834. The zero-order valence-electron chi connectivity index (χ0n) is 15.8. The maximum absolute atomic E-state index is 14.2. The lowest BCUT2D eigenvalue weighted by atomic mass is 9.66. The van der Waals surface area contributed by atoms with E-state index in [1.807, 2.05) is 18.2 Å². The van der Waals surface area contributed by atoms with Crippen molar-refractivity contribution >= 4 is 11.7 Å². The lowest BCUT2D eigenvalue weighted by Gasteiger charge is -2.41. The highest BCUT2D eigenvalue weighted by atomic mass is 19.1. The van der Waals surface area contributed by atoms with Gasteiger partial charge in [-0.3, -0.25) is 14.8 Å². The molecule has 0 bridgehead atoms. The molecule has 1 aliphatic carbocycles. The minimum absolute atomic E-state index is 0.223. The van der Waals surface area contributed by atoms with E-state index in [0.717, 1.165) is 25.0 Å². The highest BCUT2D eigenvalue weighted by Gasteiger charge is 2.41. The van der Waals surface area contributed by atoms with Gasteiger partial charge in [-0.05, 0) is 49.2 Å². The Labute approximate surface area is 167 Å². The molecule has 29 heavy (non-hydrogen) atoms. The van der Waals surface area contributed by atoms with Gasteiger partial charge in [-0.15, -0.1) is 10.2 Å². The van der Waals surface area contributed by atoms with Gasteiger partial charge in [-0.2, -0.15) is 0 Å². The quantitative estimate of drug-likeness (QED) is 0.642. The van der Waals surface area contributed by atoms with E-state index in [1.54, 1.807) is 30.6 Å². The third-order valence-electron chi connectivity index (χ3n) is 5.23. The van der Waals surface area contributed by atoms with Crippen LogP contribution in [0.5, 0.6) is 0 Å². The smallest absolute Gasteiger partial charge is 0.272 e. The number of rotatable bonds is 7. The number of carbonyl (C=O) groups excluding carboxylic acids is 1. The van der Waals surface area contributed by atoms with Crippen LogP contribution < -0.4 is 10.6 Å². The molecule has 0 aromatic carbocycles. The van der Waals surface area contributed by atoms with Gasteiger partial charge in [0, 0.05) is 24.4 Å². The van der Waals surface area contributed by atoms with Gasteiger partial charge in [0.15, 0.2) is 5.69 Å². The summed E-state index contributed by atoms with van der Waals surface area (Å²) < 4.78 is 14.2. The number of amides is 1. The summed E-state index contributed by atoms with van der Waals surface area (Å²) in [6.07, 6.45) is 6.08. The number of pyridine rings is 2. The molecule has 0 spiro atoms. The van der Waals surface area contributed by atoms with Crippen LogP contribution in [0.15, 0.2) is 54.9 Å². The molecule has 1 aliphatic rings. The normalized spacial score (nSPS) is 14.7. The SMILES string of the molecule is O=C(NCc1ccccn1)c1ccc(NCC2(c3ncccc3F)CCC2)nn1. The Morgan fingerprint density at radius 2 is 1.90 bits per heavy atom. The largest absolute Gasteiger partial charge is 0.368 e. The third kappa shape index (κ3) is 4.21. The first-order valence-electron chi connectivity index (χ1n) is 9.53. The monoisotopic (exact) mass is 392 g/mol. The van der Waals surface area contributed by atoms with Gasteiger partial charge in [-0.25, -0.2) is 4.39 Å². The van der Waals surface area contributed by atoms with Crippen LogP contribution in [-0.4, -0.2) is 32.6 Å². The van der Waals surface area contributed by atoms with Gasteiger partial charge < -0.3 is 10.6 Å². The average Bonchev–Trinajstić information content (AvgIpc) is 2.73. The van der Waals surface area contributed by atoms with E-state index >= 15 is 0 Å². The average molecular weight is 392 g/mol. The Hall–Kier alpha value is -3.42. The number of carbonyl (C=O) groups is 1. The first-order valence-corrected chi connectivity index (χ1v) is 9.53. The number of anilines is 1. The van der Waals surface area contributed by atoms with Crippen LogP contribution in [0.3, 0.4) is 0 Å². The summed E-state index contributed by atoms with van der Waals surface area (Å²) >= 11 is 0. The van der Waals surface area contributed by atoms with E-state index in [9.17, 15) is 9.18 Å². The number of aromatic nitrogens is 4. The molecule has 3 aromatic heterocycles. The highest BCUT2D eigenvalue weighted by Crippen LogP contribution is 2.43. The first-order chi connectivity index (χ1) is 14.2. The zero-order valence-corrected chi connectivity index (χ0v) is 15.8. The second-order valence-corrected chi connectivity index (χ2v) is 7.13. The van der Waals surface area contributed by atoms with Gasteiger partial charge >= 0.3 is 0 Å². The molecule has 1 fully saturated rings. The van der Waals surface area contributed by atoms with Crippen molar-refractivity contribution in [2.24, 2.45) is 0 Å². The molecule has 0 atom stereocenters. The van der Waals surface area contributed by atoms with Crippen LogP contribution in [0.2, 0.25) is 0 Å². The van der Waals surface area contributed by atoms with Gasteiger partial charge in [0.2, 0.25) is 0 Å². The number of nitrogens with one attached hydrogen (secondary N) is 2. The van der Waals surface area contributed by atoms with Crippen LogP contribution in [0.4, 0.5) is 10.2 Å². The van der Waals surface area contributed by atoms with Crippen molar-refractivity contribution in [2.45, 2.75) is 31.2 Å². The van der Waals surface area contributed by atoms with Crippen LogP contribution in [0, 0.1) is 5.82 Å². The van der Waals surface area contributed by atoms with Crippen molar-refractivity contribution in [1.82, 2.24) is 25.5 Å². The topological polar surface area (TPSA) is 92.7 Å². The van der Waals surface area contributed by atoms with E-state index in [2.05, 4.69) is 30.8 Å². The summed E-state index contributed by atoms with van der Waals surface area (Å²) in [5, 5.41) is 14.0. The second-order valence-electron chi connectivity index (χ2n) is 7.13. The van der Waals surface area contributed by atoms with E-state index in [-0.39, 0.29) is 22.8 Å². The van der Waals surface area contributed by atoms with Crippen LogP contribution >= 0.6 is 0 Å². The number of nitrogens with zero attached hydrogens (tertiary/aromatic N) is 4. The maximum Gasteiger partial charge on any atom is 0.272 e. The Morgan fingerprint density at radius 1 is 1.03 bits per heavy atom. The number of halogens is 1. The van der Waals surface area contributed by atoms with Gasteiger partial charge in [0.1, 0.15) is 11.6 Å². The van der Waals surface area contributed by atoms with Crippen molar-refractivity contribution in [2.75, 3.05) is 11.9 Å². The second kappa shape index (κ2) is 8.30. The molecule has 1 saturated carbocycles. The first kappa shape index (κ1) is 18.9. The Kier molecular flexibility index (Phi) is 5.41. The minimum Gasteiger partial charge on any atom is -0.368 e. The summed E-state index contributed by atoms with van der Waals surface area (Å²) in [6, 6.07) is 11.9. The third-order valence-corrected chi connectivity index (χ3v) is 5.23. The molecule has 0 aliphatic heterocycles. The fourth-order valence-electron chi connectivity index (χ4n) is 3.45. The Morgan fingerprint density at radius 3 is 2.55 bits per heavy atom. The molecule has 148 valence electrons. The number of hydrogen-bond acceptors (Lipinski definition) is 6. The van der Waals surface area contributed by atoms with Crippen molar-refractivity contribution < 1.29 is 9.18 Å². The molecule has 3 heterocycles. The zero-order chi connectivity index (χ0) is 20.1. The summed E-state index contributed by atoms with van der Waals surface area (Å²) in [5.41, 5.74) is 1.16. The van der Waals surface area contributed by atoms with Gasteiger partial charge in [-0.1, -0.05) is 12.5 Å². The lowest BCUT2D eigenvalue weighted by Crippen LogP contribution is -2.42. The van der Waals surface area contributed by atoms with Crippen molar-refractivity contribution in [3.8, 4) is 0 Å². The van der Waals surface area contributed by atoms with Crippen LogP contribution in [0.25, 0.3) is 0 Å². The molecule has 0 radical (unpaired) electrons. The predicted octanol–water partition coefficient (Wildman–Crippen LogP) is 2.87. The van der Waals surface area contributed by atoms with E-state index in [4.69, 9.17) is 0 Å². The van der Waals surface area contributed by atoms with Crippen LogP contribution in [-0.2, 0) is 12.0 Å². The maximum atomic E-state index is 14.2. The fraction of sp³-hybridized carbons (Fsp3) is 0.286. The molecule has 0 unspecified atom stereocenters. The molecule has 8 heteroatoms. The summed E-state index contributed by atoms with van der Waals surface area (Å²) in [4.78, 5) is 20.6. The van der Waals surface area contributed by atoms with Crippen molar-refractivity contribution in [1.29, 1.82) is 0 Å². The molecule has 7 nitrogen and oxygen atoms in total. The molecule has 2 N–H and O–H groups in total. The number of hydrogen-bond donors (Lipinski definition) is 2. The molecular weight excluding hydrogens is 371 g/mol. The van der Waals surface area contributed by atoms with E-state index < -0.39 is 0 Å². The molecule has 0 saturated heterocycles. The lowest BCUT2D eigenvalue weighted by molar-refractivity contribution is 0.0944. The molecule has 1 amide bonds.